The number of benzene rings is 2. The van der Waals surface area contributed by atoms with Crippen LogP contribution in [-0.2, 0) is 23.0 Å². The Morgan fingerprint density at radius 2 is 1.89 bits per heavy atom. The molecule has 0 aliphatic rings. The Morgan fingerprint density at radius 3 is 2.63 bits per heavy atom. The quantitative estimate of drug-likeness (QED) is 0.633. The second-order valence-electron chi connectivity index (χ2n) is 6.20. The second-order valence-corrected chi connectivity index (χ2v) is 8.09. The molecule has 1 atom stereocenters. The molecule has 1 aromatic heterocycles. The number of amides is 1. The molecule has 0 aliphatic heterocycles. The van der Waals surface area contributed by atoms with Crippen LogP contribution >= 0.6 is 11.6 Å². The Kier molecular flexibility index (Phi) is 6.48. The predicted octanol–water partition coefficient (Wildman–Crippen LogP) is 4.52. The number of rotatable bonds is 7. The van der Waals surface area contributed by atoms with Crippen molar-refractivity contribution in [2.24, 2.45) is 0 Å². The highest BCUT2D eigenvalue weighted by Crippen LogP contribution is 2.16. The zero-order chi connectivity index (χ0) is 19.2. The lowest BCUT2D eigenvalue weighted by molar-refractivity contribution is 0.0925. The fourth-order valence-electron chi connectivity index (χ4n) is 2.61. The summed E-state index contributed by atoms with van der Waals surface area (Å²) in [5.74, 6) is 0.707. The largest absolute Gasteiger partial charge is 0.455 e. The van der Waals surface area contributed by atoms with E-state index in [4.69, 9.17) is 16.0 Å². The van der Waals surface area contributed by atoms with Gasteiger partial charge in [0.05, 0.1) is 16.6 Å². The topological polar surface area (TPSA) is 59.3 Å². The van der Waals surface area contributed by atoms with Crippen LogP contribution in [0.4, 0.5) is 0 Å². The van der Waals surface area contributed by atoms with Crippen LogP contribution in [0, 0.1) is 6.92 Å². The van der Waals surface area contributed by atoms with Gasteiger partial charge in [-0.25, -0.2) is 0 Å². The van der Waals surface area contributed by atoms with Gasteiger partial charge in [0.2, 0.25) is 0 Å². The van der Waals surface area contributed by atoms with E-state index in [1.807, 2.05) is 55.5 Å². The van der Waals surface area contributed by atoms with Crippen molar-refractivity contribution in [1.82, 2.24) is 5.32 Å². The molecule has 0 saturated heterocycles. The summed E-state index contributed by atoms with van der Waals surface area (Å²) in [7, 11) is -1.21. The predicted molar refractivity (Wildman–Crippen MR) is 107 cm³/mol. The van der Waals surface area contributed by atoms with E-state index in [2.05, 4.69) is 5.32 Å². The van der Waals surface area contributed by atoms with Crippen LogP contribution in [-0.4, -0.2) is 16.7 Å². The van der Waals surface area contributed by atoms with Crippen molar-refractivity contribution in [3.8, 4) is 0 Å². The van der Waals surface area contributed by atoms with Crippen LogP contribution in [0.5, 0.6) is 0 Å². The summed E-state index contributed by atoms with van der Waals surface area (Å²) in [5, 5.41) is 3.52. The Bertz CT molecular complexity index is 950. The van der Waals surface area contributed by atoms with E-state index < -0.39 is 10.8 Å². The Balaban J connectivity index is 1.52. The number of nitrogens with one attached hydrogen (secondary N) is 1. The van der Waals surface area contributed by atoms with E-state index in [9.17, 15) is 9.00 Å². The van der Waals surface area contributed by atoms with E-state index in [1.165, 1.54) is 0 Å². The van der Waals surface area contributed by atoms with Crippen molar-refractivity contribution < 1.29 is 13.4 Å². The molecular weight excluding hydrogens is 382 g/mol. The number of furan rings is 1. The maximum absolute atomic E-state index is 12.4. The Hall–Kier alpha value is -2.37. The third kappa shape index (κ3) is 5.55. The molecule has 1 N–H and O–H groups in total. The molecule has 0 saturated carbocycles. The van der Waals surface area contributed by atoms with Gasteiger partial charge >= 0.3 is 0 Å². The van der Waals surface area contributed by atoms with Gasteiger partial charge in [0, 0.05) is 16.5 Å². The molecule has 2 aromatic carbocycles. The van der Waals surface area contributed by atoms with Crippen molar-refractivity contribution in [2.45, 2.75) is 24.0 Å². The highest BCUT2D eigenvalue weighted by Gasteiger charge is 2.13. The molecule has 3 aromatic rings. The third-order valence-corrected chi connectivity index (χ3v) is 5.60. The van der Waals surface area contributed by atoms with E-state index in [0.717, 1.165) is 16.0 Å². The van der Waals surface area contributed by atoms with E-state index >= 15 is 0 Å². The molecule has 0 radical (unpaired) electrons. The van der Waals surface area contributed by atoms with E-state index in [0.29, 0.717) is 23.7 Å². The van der Waals surface area contributed by atoms with Crippen molar-refractivity contribution in [3.63, 3.8) is 0 Å². The third-order valence-electron chi connectivity index (χ3n) is 4.02. The first kappa shape index (κ1) is 19.4. The van der Waals surface area contributed by atoms with Gasteiger partial charge in [0.25, 0.3) is 5.91 Å². The number of carbonyl (C=O) groups is 1. The molecule has 1 heterocycles. The number of hydrogen-bond donors (Lipinski definition) is 1. The summed E-state index contributed by atoms with van der Waals surface area (Å²) in [4.78, 5) is 13.0. The number of hydrogen-bond acceptors (Lipinski definition) is 3. The minimum Gasteiger partial charge on any atom is -0.455 e. The molecule has 0 unspecified atom stereocenters. The SMILES string of the molecule is Cc1cccc([S@](=O)Cc2ccc(C(=O)NCCc3ccc(Cl)cc3)o2)c1. The van der Waals surface area contributed by atoms with E-state index in [1.54, 1.807) is 12.1 Å². The molecule has 27 heavy (non-hydrogen) atoms. The van der Waals surface area contributed by atoms with Gasteiger partial charge in [-0.05, 0) is 60.9 Å². The average Bonchev–Trinajstić information content (AvgIpc) is 3.12. The van der Waals surface area contributed by atoms with Gasteiger partial charge in [-0.15, -0.1) is 0 Å². The molecular formula is C21H20ClNO3S. The minimum atomic E-state index is -1.21. The average molecular weight is 402 g/mol. The lowest BCUT2D eigenvalue weighted by Gasteiger charge is -2.04. The lowest BCUT2D eigenvalue weighted by Crippen LogP contribution is -2.25. The maximum atomic E-state index is 12.4. The monoisotopic (exact) mass is 401 g/mol. The van der Waals surface area contributed by atoms with E-state index in [-0.39, 0.29) is 17.4 Å². The van der Waals surface area contributed by atoms with Gasteiger partial charge < -0.3 is 9.73 Å². The van der Waals surface area contributed by atoms with Crippen LogP contribution in [0.1, 0.15) is 27.4 Å². The highest BCUT2D eigenvalue weighted by atomic mass is 35.5. The zero-order valence-corrected chi connectivity index (χ0v) is 16.5. The number of halogens is 1. The highest BCUT2D eigenvalue weighted by molar-refractivity contribution is 7.84. The first-order valence-corrected chi connectivity index (χ1v) is 10.3. The van der Waals surface area contributed by atoms with Crippen molar-refractivity contribution in [1.29, 1.82) is 0 Å². The smallest absolute Gasteiger partial charge is 0.287 e. The molecule has 0 fully saturated rings. The van der Waals surface area contributed by atoms with Crippen LogP contribution in [0.25, 0.3) is 0 Å². The fourth-order valence-corrected chi connectivity index (χ4v) is 3.86. The Labute approximate surface area is 166 Å². The van der Waals surface area contributed by atoms with Gasteiger partial charge in [0.1, 0.15) is 5.76 Å². The molecule has 4 nitrogen and oxygen atoms in total. The summed E-state index contributed by atoms with van der Waals surface area (Å²) < 4.78 is 18.0. The molecule has 1 amide bonds. The first-order valence-electron chi connectivity index (χ1n) is 8.57. The molecule has 6 heteroatoms. The summed E-state index contributed by atoms with van der Waals surface area (Å²) >= 11 is 5.86. The van der Waals surface area contributed by atoms with Gasteiger partial charge in [0.15, 0.2) is 5.76 Å². The first-order chi connectivity index (χ1) is 13.0. The van der Waals surface area contributed by atoms with Crippen molar-refractivity contribution >= 4 is 28.3 Å². The van der Waals surface area contributed by atoms with Crippen LogP contribution < -0.4 is 5.32 Å². The lowest BCUT2D eigenvalue weighted by atomic mass is 10.1. The van der Waals surface area contributed by atoms with Crippen LogP contribution in [0.3, 0.4) is 0 Å². The fraction of sp³-hybridized carbons (Fsp3) is 0.190. The summed E-state index contributed by atoms with van der Waals surface area (Å²) in [5.41, 5.74) is 2.15. The van der Waals surface area contributed by atoms with Crippen LogP contribution in [0.2, 0.25) is 5.02 Å². The van der Waals surface area contributed by atoms with Gasteiger partial charge in [-0.3, -0.25) is 9.00 Å². The summed E-state index contributed by atoms with van der Waals surface area (Å²) in [6.45, 7) is 2.45. The van der Waals surface area contributed by atoms with Crippen LogP contribution in [0.15, 0.2) is 70.0 Å². The van der Waals surface area contributed by atoms with Crippen molar-refractivity contribution in [3.05, 3.63) is 88.3 Å². The van der Waals surface area contributed by atoms with Gasteiger partial charge in [-0.1, -0.05) is 35.9 Å². The molecule has 140 valence electrons. The molecule has 3 rings (SSSR count). The Morgan fingerprint density at radius 1 is 1.11 bits per heavy atom. The number of carbonyl (C=O) groups excluding carboxylic acids is 1. The van der Waals surface area contributed by atoms with Crippen molar-refractivity contribution in [2.75, 3.05) is 6.54 Å². The normalized spacial score (nSPS) is 11.9. The maximum Gasteiger partial charge on any atom is 0.287 e. The summed E-state index contributed by atoms with van der Waals surface area (Å²) in [6, 6.07) is 18.4. The summed E-state index contributed by atoms with van der Waals surface area (Å²) in [6.07, 6.45) is 0.702. The standard InChI is InChI=1S/C21H20ClNO3S/c1-15-3-2-4-19(13-15)27(25)14-18-9-10-20(26-18)21(24)23-12-11-16-5-7-17(22)8-6-16/h2-10,13H,11-12,14H2,1H3,(H,23,24)/t27-/m1/s1. The van der Waals surface area contributed by atoms with Gasteiger partial charge in [-0.2, -0.15) is 0 Å². The minimum absolute atomic E-state index is 0.224. The molecule has 0 aliphatic carbocycles. The zero-order valence-electron chi connectivity index (χ0n) is 14.9. The number of aryl methyl sites for hydroxylation is 1. The second kappa shape index (κ2) is 9.02. The molecule has 0 spiro atoms. The molecule has 0 bridgehead atoms.